The Morgan fingerprint density at radius 2 is 1.93 bits per heavy atom. The van der Waals surface area contributed by atoms with Crippen LogP contribution in [0.1, 0.15) is 12.8 Å². The summed E-state index contributed by atoms with van der Waals surface area (Å²) in [5, 5.41) is 13.8. The van der Waals surface area contributed by atoms with Crippen molar-refractivity contribution in [3.8, 4) is 22.1 Å². The lowest BCUT2D eigenvalue weighted by Gasteiger charge is -2.31. The van der Waals surface area contributed by atoms with E-state index in [2.05, 4.69) is 20.4 Å². The van der Waals surface area contributed by atoms with Crippen molar-refractivity contribution in [2.75, 3.05) is 37.5 Å². The molecule has 3 heterocycles. The number of rotatable bonds is 6. The van der Waals surface area contributed by atoms with Gasteiger partial charge in [0.15, 0.2) is 5.82 Å². The first-order valence-corrected chi connectivity index (χ1v) is 10.7. The van der Waals surface area contributed by atoms with Crippen molar-refractivity contribution in [3.05, 3.63) is 47.8 Å². The highest BCUT2D eigenvalue weighted by Gasteiger charge is 2.26. The van der Waals surface area contributed by atoms with Gasteiger partial charge in [-0.1, -0.05) is 6.07 Å². The molecular formula is C22H24N4O3S. The molecule has 0 radical (unpaired) electrons. The average molecular weight is 425 g/mol. The van der Waals surface area contributed by atoms with E-state index in [4.69, 9.17) is 9.47 Å². The fraction of sp³-hybridized carbons (Fsp3) is 0.318. The molecule has 2 aromatic heterocycles. The minimum absolute atomic E-state index is 0.0113. The monoisotopic (exact) mass is 424 g/mol. The molecule has 0 spiro atoms. The topological polar surface area (TPSA) is 76.6 Å². The second kappa shape index (κ2) is 9.13. The number of piperidine rings is 1. The lowest BCUT2D eigenvalue weighted by Crippen LogP contribution is -2.38. The number of amides is 1. The minimum Gasteiger partial charge on any atom is -0.497 e. The fourth-order valence-corrected chi connectivity index (χ4v) is 4.25. The molecule has 4 rings (SSSR count). The van der Waals surface area contributed by atoms with E-state index in [0.717, 1.165) is 42.3 Å². The Bertz CT molecular complexity index is 984. The Kier molecular flexibility index (Phi) is 6.13. The van der Waals surface area contributed by atoms with Crippen LogP contribution in [-0.4, -0.2) is 43.4 Å². The number of nitrogens with one attached hydrogen (secondary N) is 1. The molecule has 0 unspecified atom stereocenters. The highest BCUT2D eigenvalue weighted by atomic mass is 32.1. The van der Waals surface area contributed by atoms with Gasteiger partial charge in [0.1, 0.15) is 17.2 Å². The van der Waals surface area contributed by atoms with E-state index in [1.807, 2.05) is 29.6 Å². The average Bonchev–Trinajstić information content (AvgIpc) is 3.34. The van der Waals surface area contributed by atoms with Gasteiger partial charge in [-0.05, 0) is 48.6 Å². The zero-order valence-electron chi connectivity index (χ0n) is 17.0. The summed E-state index contributed by atoms with van der Waals surface area (Å²) in [7, 11) is 3.18. The summed E-state index contributed by atoms with van der Waals surface area (Å²) in [6.07, 6.45) is 1.53. The van der Waals surface area contributed by atoms with E-state index in [1.165, 1.54) is 0 Å². The largest absolute Gasteiger partial charge is 0.497 e. The van der Waals surface area contributed by atoms with Crippen LogP contribution in [-0.2, 0) is 4.79 Å². The van der Waals surface area contributed by atoms with Crippen molar-refractivity contribution in [1.82, 2.24) is 10.2 Å². The second-order valence-electron chi connectivity index (χ2n) is 7.07. The molecule has 1 N–H and O–H groups in total. The highest BCUT2D eigenvalue weighted by molar-refractivity contribution is 7.13. The molecule has 1 aromatic carbocycles. The third-order valence-electron chi connectivity index (χ3n) is 5.28. The number of nitrogens with zero attached hydrogens (tertiary/aromatic N) is 3. The van der Waals surface area contributed by atoms with E-state index in [9.17, 15) is 4.79 Å². The molecular weight excluding hydrogens is 400 g/mol. The molecule has 0 bridgehead atoms. The van der Waals surface area contributed by atoms with E-state index in [1.54, 1.807) is 43.8 Å². The number of benzene rings is 1. The molecule has 8 heteroatoms. The maximum Gasteiger partial charge on any atom is 0.227 e. The Hall–Kier alpha value is -3.13. The minimum atomic E-state index is -0.0496. The molecule has 0 aliphatic carbocycles. The molecule has 0 saturated carbocycles. The van der Waals surface area contributed by atoms with E-state index >= 15 is 0 Å². The summed E-state index contributed by atoms with van der Waals surface area (Å²) in [6.45, 7) is 1.54. The van der Waals surface area contributed by atoms with Crippen molar-refractivity contribution < 1.29 is 14.3 Å². The van der Waals surface area contributed by atoms with Crippen LogP contribution >= 0.6 is 11.3 Å². The van der Waals surface area contributed by atoms with Crippen LogP contribution in [0, 0.1) is 5.92 Å². The SMILES string of the molecule is COc1ccc(NC(=O)C2CCN(c3ccc(-c4cccs4)nn3)CC2)c(OC)c1. The van der Waals surface area contributed by atoms with E-state index in [-0.39, 0.29) is 11.8 Å². The molecule has 1 aliphatic heterocycles. The molecule has 1 amide bonds. The van der Waals surface area contributed by atoms with Crippen molar-refractivity contribution in [2.45, 2.75) is 12.8 Å². The van der Waals surface area contributed by atoms with Crippen molar-refractivity contribution in [1.29, 1.82) is 0 Å². The normalized spacial score (nSPS) is 14.4. The number of carbonyl (C=O) groups is 1. The van der Waals surface area contributed by atoms with Crippen LogP contribution in [0.4, 0.5) is 11.5 Å². The second-order valence-corrected chi connectivity index (χ2v) is 8.02. The van der Waals surface area contributed by atoms with Gasteiger partial charge >= 0.3 is 0 Å². The molecule has 1 aliphatic rings. The Labute approximate surface area is 179 Å². The van der Waals surface area contributed by atoms with Gasteiger partial charge in [0, 0.05) is 25.1 Å². The van der Waals surface area contributed by atoms with Gasteiger partial charge in [0.25, 0.3) is 0 Å². The van der Waals surface area contributed by atoms with Gasteiger partial charge in [-0.15, -0.1) is 21.5 Å². The number of carbonyl (C=O) groups excluding carboxylic acids is 1. The lowest BCUT2D eigenvalue weighted by atomic mass is 9.95. The number of methoxy groups -OCH3 is 2. The zero-order valence-corrected chi connectivity index (χ0v) is 17.8. The number of aromatic nitrogens is 2. The quantitative estimate of drug-likeness (QED) is 0.643. The van der Waals surface area contributed by atoms with Gasteiger partial charge in [-0.3, -0.25) is 4.79 Å². The van der Waals surface area contributed by atoms with Gasteiger partial charge in [-0.25, -0.2) is 0 Å². The van der Waals surface area contributed by atoms with Crippen molar-refractivity contribution >= 4 is 28.7 Å². The first kappa shape index (κ1) is 20.2. The maximum absolute atomic E-state index is 12.8. The van der Waals surface area contributed by atoms with Gasteiger partial charge in [-0.2, -0.15) is 0 Å². The molecule has 156 valence electrons. The molecule has 3 aromatic rings. The summed E-state index contributed by atoms with van der Waals surface area (Å²) in [4.78, 5) is 16.1. The summed E-state index contributed by atoms with van der Waals surface area (Å²) in [5.41, 5.74) is 1.54. The van der Waals surface area contributed by atoms with Crippen LogP contribution in [0.25, 0.3) is 10.6 Å². The Morgan fingerprint density at radius 1 is 1.10 bits per heavy atom. The number of hydrogen-bond donors (Lipinski definition) is 1. The third-order valence-corrected chi connectivity index (χ3v) is 6.17. The smallest absolute Gasteiger partial charge is 0.227 e. The summed E-state index contributed by atoms with van der Waals surface area (Å²) >= 11 is 1.65. The molecule has 7 nitrogen and oxygen atoms in total. The molecule has 1 fully saturated rings. The number of hydrogen-bond acceptors (Lipinski definition) is 7. The zero-order chi connectivity index (χ0) is 20.9. The first-order valence-electron chi connectivity index (χ1n) is 9.83. The van der Waals surface area contributed by atoms with Crippen molar-refractivity contribution in [2.24, 2.45) is 5.92 Å². The summed E-state index contributed by atoms with van der Waals surface area (Å²) < 4.78 is 10.6. The van der Waals surface area contributed by atoms with Crippen LogP contribution in [0.3, 0.4) is 0 Å². The van der Waals surface area contributed by atoms with Crippen LogP contribution in [0.15, 0.2) is 47.8 Å². The van der Waals surface area contributed by atoms with Crippen LogP contribution in [0.2, 0.25) is 0 Å². The van der Waals surface area contributed by atoms with Gasteiger partial charge in [0.05, 0.1) is 24.8 Å². The summed E-state index contributed by atoms with van der Waals surface area (Å²) in [5.74, 6) is 2.08. The van der Waals surface area contributed by atoms with Crippen LogP contribution in [0.5, 0.6) is 11.5 Å². The van der Waals surface area contributed by atoms with Crippen molar-refractivity contribution in [3.63, 3.8) is 0 Å². The predicted octanol–water partition coefficient (Wildman–Crippen LogP) is 4.08. The molecule has 30 heavy (non-hydrogen) atoms. The third kappa shape index (κ3) is 4.38. The Balaban J connectivity index is 1.34. The number of thiophene rings is 1. The van der Waals surface area contributed by atoms with Gasteiger partial charge < -0.3 is 19.7 Å². The maximum atomic E-state index is 12.8. The highest BCUT2D eigenvalue weighted by Crippen LogP contribution is 2.31. The van der Waals surface area contributed by atoms with E-state index < -0.39 is 0 Å². The van der Waals surface area contributed by atoms with Crippen LogP contribution < -0.4 is 19.7 Å². The number of anilines is 2. The molecule has 1 saturated heterocycles. The number of ether oxygens (including phenoxy) is 2. The lowest BCUT2D eigenvalue weighted by molar-refractivity contribution is -0.120. The predicted molar refractivity (Wildman–Crippen MR) is 118 cm³/mol. The summed E-state index contributed by atoms with van der Waals surface area (Å²) in [6, 6.07) is 13.4. The standard InChI is InChI=1S/C22H24N4O3S/c1-28-16-5-6-17(19(14-16)29-2)23-22(27)15-9-11-26(12-10-15)21-8-7-18(24-25-21)20-4-3-13-30-20/h3-8,13-15H,9-12H2,1-2H3,(H,23,27). The first-order chi connectivity index (χ1) is 14.7. The fourth-order valence-electron chi connectivity index (χ4n) is 3.56. The van der Waals surface area contributed by atoms with Gasteiger partial charge in [0.2, 0.25) is 5.91 Å². The Morgan fingerprint density at radius 3 is 2.57 bits per heavy atom. The molecule has 0 atom stereocenters. The van der Waals surface area contributed by atoms with E-state index in [0.29, 0.717) is 17.2 Å².